The Morgan fingerprint density at radius 2 is 1.90 bits per heavy atom. The topological polar surface area (TPSA) is 97.2 Å². The normalized spacial score (nSPS) is 16.0. The summed E-state index contributed by atoms with van der Waals surface area (Å²) in [6, 6.07) is 1.65. The second-order valence-corrected chi connectivity index (χ2v) is 8.97. The monoisotopic (exact) mass is 467 g/mol. The SMILES string of the molecule is Cn1cc(S(=O)(=O)C(F)(F)C2CCN(C(=O)Nc3ccc(F)nc3)CC2)c(C(F)F)n1. The zero-order chi connectivity index (χ0) is 23.0. The molecule has 0 aromatic carbocycles. The van der Waals surface area contributed by atoms with E-state index in [1.165, 1.54) is 11.0 Å². The number of hydrogen-bond acceptors (Lipinski definition) is 5. The summed E-state index contributed by atoms with van der Waals surface area (Å²) in [4.78, 5) is 15.6. The van der Waals surface area contributed by atoms with Gasteiger partial charge < -0.3 is 10.2 Å². The quantitative estimate of drug-likeness (QED) is 0.538. The summed E-state index contributed by atoms with van der Waals surface area (Å²) in [5.74, 6) is -2.43. The number of anilines is 1. The molecule has 3 heterocycles. The van der Waals surface area contributed by atoms with Crippen LogP contribution in [0.2, 0.25) is 0 Å². The molecule has 1 aliphatic heterocycles. The standard InChI is InChI=1S/C17H18F5N5O3S/c1-26-9-12(14(25-26)15(19)20)31(29,30)17(21,22)10-4-6-27(7-5-10)16(28)24-11-2-3-13(18)23-8-11/h2-3,8-10,15H,4-7H2,1H3,(H,24,28). The fourth-order valence-electron chi connectivity index (χ4n) is 3.28. The summed E-state index contributed by atoms with van der Waals surface area (Å²) in [7, 11) is -4.29. The maximum Gasteiger partial charge on any atom is 0.353 e. The van der Waals surface area contributed by atoms with Gasteiger partial charge in [0.1, 0.15) is 10.6 Å². The Bertz CT molecular complexity index is 1050. The average Bonchev–Trinajstić information content (AvgIpc) is 3.12. The molecule has 170 valence electrons. The Balaban J connectivity index is 1.70. The molecule has 1 fully saturated rings. The van der Waals surface area contributed by atoms with Crippen molar-refractivity contribution in [2.24, 2.45) is 13.0 Å². The maximum absolute atomic E-state index is 14.9. The van der Waals surface area contributed by atoms with Gasteiger partial charge in [-0.05, 0) is 25.0 Å². The van der Waals surface area contributed by atoms with E-state index in [2.05, 4.69) is 15.4 Å². The van der Waals surface area contributed by atoms with Gasteiger partial charge in [0, 0.05) is 32.3 Å². The van der Waals surface area contributed by atoms with Crippen LogP contribution in [-0.4, -0.2) is 52.5 Å². The minimum atomic E-state index is -5.44. The van der Waals surface area contributed by atoms with E-state index in [-0.39, 0.29) is 31.6 Å². The van der Waals surface area contributed by atoms with Crippen LogP contribution in [0.4, 0.5) is 32.4 Å². The molecular weight excluding hydrogens is 449 g/mol. The summed E-state index contributed by atoms with van der Waals surface area (Å²) in [6.45, 7) is -0.379. The summed E-state index contributed by atoms with van der Waals surface area (Å²) in [6.07, 6.45) is -2.37. The third-order valence-corrected chi connectivity index (χ3v) is 6.86. The van der Waals surface area contributed by atoms with Crippen molar-refractivity contribution in [2.75, 3.05) is 18.4 Å². The number of rotatable bonds is 5. The number of carbonyl (C=O) groups excluding carboxylic acids is 1. The highest BCUT2D eigenvalue weighted by molar-refractivity contribution is 7.92. The number of nitrogens with one attached hydrogen (secondary N) is 1. The number of likely N-dealkylation sites (tertiary alicyclic amines) is 1. The predicted molar refractivity (Wildman–Crippen MR) is 97.8 cm³/mol. The Kier molecular flexibility index (Phi) is 6.21. The highest BCUT2D eigenvalue weighted by Gasteiger charge is 2.55. The first-order valence-corrected chi connectivity index (χ1v) is 10.5. The molecule has 1 aliphatic rings. The summed E-state index contributed by atoms with van der Waals surface area (Å²) in [5, 5.41) is 1.38. The molecule has 0 aliphatic carbocycles. The van der Waals surface area contributed by atoms with Crippen molar-refractivity contribution in [3.05, 3.63) is 36.2 Å². The molecule has 0 unspecified atom stereocenters. The number of hydrogen-bond donors (Lipinski definition) is 1. The Labute approximate surface area is 174 Å². The van der Waals surface area contributed by atoms with Crippen LogP contribution >= 0.6 is 0 Å². The lowest BCUT2D eigenvalue weighted by Crippen LogP contribution is -2.47. The van der Waals surface area contributed by atoms with E-state index in [1.54, 1.807) is 0 Å². The first-order chi connectivity index (χ1) is 14.4. The molecule has 14 heteroatoms. The average molecular weight is 467 g/mol. The van der Waals surface area contributed by atoms with Gasteiger partial charge in [-0.3, -0.25) is 4.68 Å². The van der Waals surface area contributed by atoms with E-state index in [1.807, 2.05) is 0 Å². The van der Waals surface area contributed by atoms with Gasteiger partial charge >= 0.3 is 11.3 Å². The van der Waals surface area contributed by atoms with E-state index < -0.39 is 50.0 Å². The second kappa shape index (κ2) is 8.40. The van der Waals surface area contributed by atoms with Crippen LogP contribution in [-0.2, 0) is 16.9 Å². The van der Waals surface area contributed by atoms with Gasteiger partial charge in [0.15, 0.2) is 0 Å². The highest BCUT2D eigenvalue weighted by atomic mass is 32.2. The van der Waals surface area contributed by atoms with E-state index >= 15 is 0 Å². The number of aromatic nitrogens is 3. The van der Waals surface area contributed by atoms with Crippen molar-refractivity contribution >= 4 is 21.6 Å². The Hall–Kier alpha value is -2.77. The molecule has 3 rings (SSSR count). The number of halogens is 5. The van der Waals surface area contributed by atoms with Gasteiger partial charge in [-0.15, -0.1) is 0 Å². The second-order valence-electron chi connectivity index (χ2n) is 6.98. The van der Waals surface area contributed by atoms with Crippen LogP contribution in [0.1, 0.15) is 25.0 Å². The molecule has 1 N–H and O–H groups in total. The van der Waals surface area contributed by atoms with Crippen LogP contribution in [0, 0.1) is 11.9 Å². The number of sulfone groups is 1. The van der Waals surface area contributed by atoms with Gasteiger partial charge in [0.2, 0.25) is 15.8 Å². The minimum Gasteiger partial charge on any atom is -0.325 e. The maximum atomic E-state index is 14.9. The first kappa shape index (κ1) is 22.9. The lowest BCUT2D eigenvalue weighted by Gasteiger charge is -2.35. The zero-order valence-electron chi connectivity index (χ0n) is 16.1. The van der Waals surface area contributed by atoms with Crippen LogP contribution in [0.25, 0.3) is 0 Å². The van der Waals surface area contributed by atoms with Crippen molar-refractivity contribution in [3.63, 3.8) is 0 Å². The number of piperidine rings is 1. The number of carbonyl (C=O) groups is 1. The van der Waals surface area contributed by atoms with Crippen molar-refractivity contribution in [3.8, 4) is 0 Å². The smallest absolute Gasteiger partial charge is 0.325 e. The third kappa shape index (κ3) is 4.48. The molecule has 0 atom stereocenters. The van der Waals surface area contributed by atoms with Crippen LogP contribution in [0.5, 0.6) is 0 Å². The lowest BCUT2D eigenvalue weighted by atomic mass is 9.97. The number of nitrogens with zero attached hydrogens (tertiary/aromatic N) is 4. The van der Waals surface area contributed by atoms with Gasteiger partial charge in [-0.25, -0.2) is 27.0 Å². The van der Waals surface area contributed by atoms with E-state index in [0.717, 1.165) is 24.0 Å². The van der Waals surface area contributed by atoms with Gasteiger partial charge in [0.25, 0.3) is 6.43 Å². The highest BCUT2D eigenvalue weighted by Crippen LogP contribution is 2.42. The molecule has 2 aromatic rings. The van der Waals surface area contributed by atoms with E-state index in [9.17, 15) is 35.2 Å². The van der Waals surface area contributed by atoms with Crippen LogP contribution in [0.15, 0.2) is 29.4 Å². The Morgan fingerprint density at radius 3 is 2.45 bits per heavy atom. The zero-order valence-corrected chi connectivity index (χ0v) is 16.9. The van der Waals surface area contributed by atoms with Crippen molar-refractivity contribution in [2.45, 2.75) is 29.4 Å². The van der Waals surface area contributed by atoms with E-state index in [4.69, 9.17) is 0 Å². The molecule has 2 aromatic heterocycles. The third-order valence-electron chi connectivity index (χ3n) is 4.91. The number of amides is 2. The largest absolute Gasteiger partial charge is 0.353 e. The van der Waals surface area contributed by atoms with Crippen molar-refractivity contribution < 1.29 is 35.2 Å². The molecule has 2 amide bonds. The van der Waals surface area contributed by atoms with Crippen LogP contribution in [0.3, 0.4) is 0 Å². The number of aryl methyl sites for hydroxylation is 1. The summed E-state index contributed by atoms with van der Waals surface area (Å²) in [5.41, 5.74) is -1.04. The molecule has 0 bridgehead atoms. The number of urea groups is 1. The van der Waals surface area contributed by atoms with Gasteiger partial charge in [-0.2, -0.15) is 18.3 Å². The Morgan fingerprint density at radius 1 is 1.26 bits per heavy atom. The fourth-order valence-corrected chi connectivity index (χ4v) is 4.94. The van der Waals surface area contributed by atoms with Gasteiger partial charge in [-0.1, -0.05) is 0 Å². The summed E-state index contributed by atoms with van der Waals surface area (Å²) < 4.78 is 94.6. The van der Waals surface area contributed by atoms with Gasteiger partial charge in [0.05, 0.1) is 11.9 Å². The lowest BCUT2D eigenvalue weighted by molar-refractivity contribution is 0.000233. The predicted octanol–water partition coefficient (Wildman–Crippen LogP) is 3.20. The van der Waals surface area contributed by atoms with Crippen molar-refractivity contribution in [1.29, 1.82) is 0 Å². The molecule has 31 heavy (non-hydrogen) atoms. The molecule has 0 spiro atoms. The molecule has 0 radical (unpaired) electrons. The molecular formula is C17H18F5N5O3S. The summed E-state index contributed by atoms with van der Waals surface area (Å²) >= 11 is 0. The van der Waals surface area contributed by atoms with E-state index in [0.29, 0.717) is 6.20 Å². The number of pyridine rings is 1. The van der Waals surface area contributed by atoms with Crippen LogP contribution < -0.4 is 5.32 Å². The molecule has 1 saturated heterocycles. The minimum absolute atomic E-state index is 0.190. The first-order valence-electron chi connectivity index (χ1n) is 9.05. The number of alkyl halides is 4. The molecule has 8 nitrogen and oxygen atoms in total. The van der Waals surface area contributed by atoms with Crippen molar-refractivity contribution in [1.82, 2.24) is 19.7 Å². The fraction of sp³-hybridized carbons (Fsp3) is 0.471. The molecule has 0 saturated carbocycles.